The van der Waals surface area contributed by atoms with Gasteiger partial charge >= 0.3 is 0 Å². The number of carbonyl (C=O) groups excluding carboxylic acids is 8. The number of nitrogens with one attached hydrogen (secondary N) is 5. The third kappa shape index (κ3) is 50.5. The van der Waals surface area contributed by atoms with Crippen LogP contribution in [0.25, 0.3) is 0 Å². The summed E-state index contributed by atoms with van der Waals surface area (Å²) in [6, 6.07) is 0.493. The Labute approximate surface area is 402 Å². The van der Waals surface area contributed by atoms with Crippen LogP contribution >= 0.6 is 0 Å². The standard InChI is InChI=1S/C8H15NO.C7H13NO.2C6H13NO2.C6H11NO.C6H13NO.C6H12O.C5H10O/c1-7(10)8-3-5-9(2)6-4-8;1-6(9)7(3-4-7)5-8-2;2*1-6(8)5-9-4-3-7-2;1-4(8)5-3-6(5)7-2;1-5(4-7-3)6(2)8;1-4-5(2)6(3)7;1-3-4-5(2)6/h8H,3-6H2,1-2H3;8H,3-5H2,1-2H3;2*7H,3-5H2,1-2H3;5-7H,3H2,1-2H3;5,7H,4H2,1-3H3;5H,4H2,1-3H3;3-4H2,1-2H3. The average molecular weight is 945 g/mol. The van der Waals surface area contributed by atoms with Crippen LogP contribution in [0.4, 0.5) is 0 Å². The molecule has 0 bridgehead atoms. The second-order valence-corrected chi connectivity index (χ2v) is 17.6. The molecule has 0 aromatic heterocycles. The summed E-state index contributed by atoms with van der Waals surface area (Å²) >= 11 is 0. The number of ether oxygens (including phenoxy) is 2. The van der Waals surface area contributed by atoms with Gasteiger partial charge in [0.1, 0.15) is 47.9 Å². The molecular weight excluding hydrogens is 845 g/mol. The van der Waals surface area contributed by atoms with Gasteiger partial charge in [-0.2, -0.15) is 0 Å². The van der Waals surface area contributed by atoms with Gasteiger partial charge in [-0.05, 0) is 156 Å². The van der Waals surface area contributed by atoms with Crippen molar-refractivity contribution in [1.82, 2.24) is 31.5 Å². The topological polar surface area (TPSA) is 218 Å². The molecule has 66 heavy (non-hydrogen) atoms. The number of rotatable bonds is 23. The SMILES string of the molecule is CC(=O)C1CCN(C)CC1.CCC(C)C(C)=O.CCCC(C)=O.CNC1CC1C(C)=O.CNCC(C)C(C)=O.CNCC1(C(C)=O)CC1.CNCCOCC(C)=O.CNCCOCC(C)=O. The van der Waals surface area contributed by atoms with Crippen molar-refractivity contribution in [2.24, 2.45) is 29.1 Å². The van der Waals surface area contributed by atoms with Crippen molar-refractivity contribution in [3.8, 4) is 0 Å². The maximum atomic E-state index is 10.9. The Morgan fingerprint density at radius 3 is 1.26 bits per heavy atom. The van der Waals surface area contributed by atoms with E-state index < -0.39 is 0 Å². The number of carbonyl (C=O) groups is 8. The number of hydrogen-bond donors (Lipinski definition) is 5. The summed E-state index contributed by atoms with van der Waals surface area (Å²) in [7, 11) is 11.4. The molecule has 4 unspecified atom stereocenters. The fraction of sp³-hybridized carbons (Fsp3) is 0.840. The third-order valence-electron chi connectivity index (χ3n) is 10.8. The molecule has 16 nitrogen and oxygen atoms in total. The second-order valence-electron chi connectivity index (χ2n) is 17.6. The molecule has 3 aliphatic rings. The Bertz CT molecular complexity index is 1270. The molecule has 0 aromatic carbocycles. The molecular formula is C50H100N6O10. The van der Waals surface area contributed by atoms with Gasteiger partial charge in [-0.3, -0.25) is 33.6 Å². The molecule has 4 atom stereocenters. The lowest BCUT2D eigenvalue weighted by Crippen LogP contribution is -2.32. The number of hydrogen-bond acceptors (Lipinski definition) is 16. The van der Waals surface area contributed by atoms with Crippen molar-refractivity contribution >= 4 is 46.3 Å². The molecule has 390 valence electrons. The highest BCUT2D eigenvalue weighted by atomic mass is 16.5. The van der Waals surface area contributed by atoms with E-state index in [4.69, 9.17) is 9.47 Å². The fourth-order valence-electron chi connectivity index (χ4n) is 5.39. The molecule has 0 radical (unpaired) electrons. The van der Waals surface area contributed by atoms with Gasteiger partial charge < -0.3 is 45.8 Å². The molecule has 3 rings (SSSR count). The lowest BCUT2D eigenvalue weighted by molar-refractivity contribution is -0.122. The quantitative estimate of drug-likeness (QED) is 0.0876. The van der Waals surface area contributed by atoms with Gasteiger partial charge in [0.15, 0.2) is 11.6 Å². The van der Waals surface area contributed by atoms with Gasteiger partial charge in [-0.1, -0.05) is 27.7 Å². The highest BCUT2D eigenvalue weighted by Gasteiger charge is 2.46. The van der Waals surface area contributed by atoms with Crippen LogP contribution in [0.5, 0.6) is 0 Å². The van der Waals surface area contributed by atoms with Crippen LogP contribution in [0, 0.1) is 29.1 Å². The van der Waals surface area contributed by atoms with Crippen molar-refractivity contribution in [2.75, 3.05) is 108 Å². The van der Waals surface area contributed by atoms with E-state index in [0.717, 1.165) is 90.6 Å². The molecule has 0 aromatic rings. The predicted molar refractivity (Wildman–Crippen MR) is 269 cm³/mol. The molecule has 5 N–H and O–H groups in total. The first-order chi connectivity index (χ1) is 30.8. The number of Topliss-reactive ketones (excluding diaryl/α,β-unsaturated/α-hetero) is 8. The van der Waals surface area contributed by atoms with E-state index in [1.807, 2.05) is 62.9 Å². The molecule has 1 aliphatic heterocycles. The second kappa shape index (κ2) is 47.1. The average Bonchev–Trinajstić information content (AvgIpc) is 4.19. The number of ketones is 8. The largest absolute Gasteiger partial charge is 0.372 e. The van der Waals surface area contributed by atoms with E-state index in [1.165, 1.54) is 13.8 Å². The summed E-state index contributed by atoms with van der Waals surface area (Å²) in [5.74, 6) is 3.14. The highest BCUT2D eigenvalue weighted by molar-refractivity contribution is 5.85. The third-order valence-corrected chi connectivity index (χ3v) is 10.8. The van der Waals surface area contributed by atoms with Crippen LogP contribution in [0.15, 0.2) is 0 Å². The normalized spacial score (nSPS) is 17.1. The van der Waals surface area contributed by atoms with Crippen molar-refractivity contribution in [2.45, 2.75) is 140 Å². The van der Waals surface area contributed by atoms with Gasteiger partial charge in [0.05, 0.1) is 13.2 Å². The first-order valence-corrected chi connectivity index (χ1v) is 23.9. The number of likely N-dealkylation sites (N-methyl/N-ethyl adjacent to an activating group) is 2. The summed E-state index contributed by atoms with van der Waals surface area (Å²) in [6.45, 7) is 27.9. The van der Waals surface area contributed by atoms with Crippen LogP contribution in [0.2, 0.25) is 0 Å². The molecule has 0 spiro atoms. The van der Waals surface area contributed by atoms with Crippen molar-refractivity contribution < 1.29 is 47.8 Å². The maximum Gasteiger partial charge on any atom is 0.155 e. The molecule has 16 heteroatoms. The Balaban J connectivity index is -0.000000216. The van der Waals surface area contributed by atoms with Crippen LogP contribution in [0.1, 0.15) is 134 Å². The summed E-state index contributed by atoms with van der Waals surface area (Å²) in [4.78, 5) is 86.0. The summed E-state index contributed by atoms with van der Waals surface area (Å²) in [6.07, 6.45) is 8.03. The van der Waals surface area contributed by atoms with E-state index in [0.29, 0.717) is 54.2 Å². The minimum Gasteiger partial charge on any atom is -0.372 e. The van der Waals surface area contributed by atoms with Crippen LogP contribution in [-0.2, 0) is 47.8 Å². The smallest absolute Gasteiger partial charge is 0.155 e. The summed E-state index contributed by atoms with van der Waals surface area (Å²) in [5, 5.41) is 14.8. The van der Waals surface area contributed by atoms with E-state index in [-0.39, 0.29) is 53.6 Å². The molecule has 0 amide bonds. The van der Waals surface area contributed by atoms with E-state index in [2.05, 4.69) is 38.5 Å². The zero-order valence-electron chi connectivity index (χ0n) is 45.1. The van der Waals surface area contributed by atoms with Crippen LogP contribution in [-0.4, -0.2) is 165 Å². The van der Waals surface area contributed by atoms with E-state index >= 15 is 0 Å². The first kappa shape index (κ1) is 72.0. The summed E-state index contributed by atoms with van der Waals surface area (Å²) < 4.78 is 9.85. The number of nitrogens with zero attached hydrogens (tertiary/aromatic N) is 1. The predicted octanol–water partition coefficient (Wildman–Crippen LogP) is 4.73. The molecule has 3 fully saturated rings. The van der Waals surface area contributed by atoms with E-state index in [1.54, 1.807) is 41.5 Å². The highest BCUT2D eigenvalue weighted by Crippen LogP contribution is 2.45. The zero-order chi connectivity index (χ0) is 52.3. The van der Waals surface area contributed by atoms with Gasteiger partial charge in [0, 0.05) is 67.7 Å². The Morgan fingerprint density at radius 1 is 0.636 bits per heavy atom. The molecule has 1 heterocycles. The van der Waals surface area contributed by atoms with Crippen molar-refractivity contribution in [3.05, 3.63) is 0 Å². The first-order valence-electron chi connectivity index (χ1n) is 23.9. The van der Waals surface area contributed by atoms with E-state index in [9.17, 15) is 38.4 Å². The lowest BCUT2D eigenvalue weighted by Gasteiger charge is -2.26. The lowest BCUT2D eigenvalue weighted by atomic mass is 9.94. The number of piperidine rings is 1. The Hall–Kier alpha value is -2.96. The minimum absolute atomic E-state index is 0.0503. The van der Waals surface area contributed by atoms with Crippen LogP contribution < -0.4 is 26.6 Å². The molecule has 2 saturated carbocycles. The number of likely N-dealkylation sites (tertiary alicyclic amines) is 1. The molecule has 1 saturated heterocycles. The maximum absolute atomic E-state index is 10.9. The van der Waals surface area contributed by atoms with Gasteiger partial charge in [-0.25, -0.2) is 0 Å². The van der Waals surface area contributed by atoms with Gasteiger partial charge in [0.2, 0.25) is 0 Å². The van der Waals surface area contributed by atoms with Crippen molar-refractivity contribution in [3.63, 3.8) is 0 Å². The van der Waals surface area contributed by atoms with Gasteiger partial charge in [0.25, 0.3) is 0 Å². The molecule has 2 aliphatic carbocycles. The fourth-order valence-corrected chi connectivity index (χ4v) is 5.39. The van der Waals surface area contributed by atoms with Gasteiger partial charge in [-0.15, -0.1) is 0 Å². The zero-order valence-corrected chi connectivity index (χ0v) is 45.1. The van der Waals surface area contributed by atoms with Crippen molar-refractivity contribution in [1.29, 1.82) is 0 Å². The minimum atomic E-state index is 0.0503. The Kier molecular flexibility index (Phi) is 51.4. The Morgan fingerprint density at radius 2 is 1.09 bits per heavy atom. The van der Waals surface area contributed by atoms with Crippen LogP contribution in [0.3, 0.4) is 0 Å². The summed E-state index contributed by atoms with van der Waals surface area (Å²) in [5.41, 5.74) is 0.0503. The monoisotopic (exact) mass is 945 g/mol.